The van der Waals surface area contributed by atoms with Crippen LogP contribution in [0.5, 0.6) is 17.2 Å². The molecule has 168 valence electrons. The van der Waals surface area contributed by atoms with E-state index in [0.29, 0.717) is 43.6 Å². The highest BCUT2D eigenvalue weighted by atomic mass is 32.2. The Morgan fingerprint density at radius 1 is 1.03 bits per heavy atom. The first-order valence-corrected chi connectivity index (χ1v) is 11.2. The molecular formula is C21H26N2O7S. The average Bonchev–Trinajstić information content (AvgIpc) is 2.80. The van der Waals surface area contributed by atoms with Crippen molar-refractivity contribution in [3.8, 4) is 17.2 Å². The average molecular weight is 451 g/mol. The molecule has 0 atom stereocenters. The molecule has 9 nitrogen and oxygen atoms in total. The topological polar surface area (TPSA) is 103 Å². The van der Waals surface area contributed by atoms with E-state index >= 15 is 0 Å². The number of nitrogens with one attached hydrogen (secondary N) is 1. The molecule has 1 heterocycles. The molecule has 0 radical (unpaired) electrons. The first-order chi connectivity index (χ1) is 14.9. The number of ether oxygens (including phenoxy) is 4. The van der Waals surface area contributed by atoms with Gasteiger partial charge in [-0.2, -0.15) is 4.31 Å². The molecule has 2 aromatic rings. The van der Waals surface area contributed by atoms with Crippen LogP contribution in [0.15, 0.2) is 47.4 Å². The van der Waals surface area contributed by atoms with Crippen molar-refractivity contribution >= 4 is 21.6 Å². The molecule has 0 aliphatic carbocycles. The molecule has 31 heavy (non-hydrogen) atoms. The van der Waals surface area contributed by atoms with Crippen molar-refractivity contribution in [2.24, 2.45) is 0 Å². The van der Waals surface area contributed by atoms with Crippen molar-refractivity contribution in [1.82, 2.24) is 4.31 Å². The maximum absolute atomic E-state index is 12.9. The third-order valence-corrected chi connectivity index (χ3v) is 6.60. The first kappa shape index (κ1) is 22.9. The molecular weight excluding hydrogens is 424 g/mol. The molecule has 10 heteroatoms. The van der Waals surface area contributed by atoms with Crippen LogP contribution < -0.4 is 19.5 Å². The lowest BCUT2D eigenvalue weighted by Crippen LogP contribution is -2.40. The number of carbonyl (C=O) groups is 1. The smallest absolute Gasteiger partial charge is 0.243 e. The summed E-state index contributed by atoms with van der Waals surface area (Å²) in [5.41, 5.74) is 0.284. The number of hydrogen-bond acceptors (Lipinski definition) is 7. The van der Waals surface area contributed by atoms with E-state index in [1.807, 2.05) is 0 Å². The SMILES string of the molecule is COc1ccc(OCCC(=O)Nc2cc(S(=O)(=O)N3CCOCC3)ccc2OC)cc1. The maximum Gasteiger partial charge on any atom is 0.243 e. The quantitative estimate of drug-likeness (QED) is 0.624. The second-order valence-corrected chi connectivity index (χ2v) is 8.64. The minimum atomic E-state index is -3.69. The summed E-state index contributed by atoms with van der Waals surface area (Å²) >= 11 is 0. The van der Waals surface area contributed by atoms with Gasteiger partial charge in [0, 0.05) is 13.1 Å². The Kier molecular flexibility index (Phi) is 7.72. The highest BCUT2D eigenvalue weighted by molar-refractivity contribution is 7.89. The van der Waals surface area contributed by atoms with Crippen molar-refractivity contribution < 1.29 is 32.2 Å². The number of rotatable bonds is 9. The van der Waals surface area contributed by atoms with Crippen LogP contribution in [0.4, 0.5) is 5.69 Å². The summed E-state index contributed by atoms with van der Waals surface area (Å²) in [5.74, 6) is 1.37. The van der Waals surface area contributed by atoms with Gasteiger partial charge in [-0.05, 0) is 42.5 Å². The van der Waals surface area contributed by atoms with Gasteiger partial charge in [-0.3, -0.25) is 4.79 Å². The molecule has 1 fully saturated rings. The van der Waals surface area contributed by atoms with Gasteiger partial charge in [-0.1, -0.05) is 0 Å². The van der Waals surface area contributed by atoms with Gasteiger partial charge in [0.2, 0.25) is 15.9 Å². The third kappa shape index (κ3) is 5.87. The summed E-state index contributed by atoms with van der Waals surface area (Å²) in [5, 5.41) is 2.71. The van der Waals surface area contributed by atoms with Gasteiger partial charge in [0.1, 0.15) is 17.2 Å². The van der Waals surface area contributed by atoms with Crippen molar-refractivity contribution in [1.29, 1.82) is 0 Å². The molecule has 0 unspecified atom stereocenters. The van der Waals surface area contributed by atoms with E-state index in [-0.39, 0.29) is 29.5 Å². The zero-order chi connectivity index (χ0) is 22.3. The molecule has 0 bridgehead atoms. The Morgan fingerprint density at radius 2 is 1.71 bits per heavy atom. The molecule has 0 saturated carbocycles. The summed E-state index contributed by atoms with van der Waals surface area (Å²) in [6.07, 6.45) is 0.0790. The van der Waals surface area contributed by atoms with E-state index in [2.05, 4.69) is 5.32 Å². The standard InChI is InChI=1S/C21H26N2O7S/c1-27-16-3-5-17(6-4-16)30-12-9-21(24)22-19-15-18(7-8-20(19)28-2)31(25,26)23-10-13-29-14-11-23/h3-8,15H,9-14H2,1-2H3,(H,22,24). The molecule has 0 aromatic heterocycles. The fourth-order valence-corrected chi connectivity index (χ4v) is 4.46. The van der Waals surface area contributed by atoms with Crippen LogP contribution in [-0.4, -0.2) is 65.8 Å². The largest absolute Gasteiger partial charge is 0.497 e. The van der Waals surface area contributed by atoms with Crippen LogP contribution >= 0.6 is 0 Å². The number of nitrogens with zero attached hydrogens (tertiary/aromatic N) is 1. The Morgan fingerprint density at radius 3 is 2.35 bits per heavy atom. The minimum absolute atomic E-state index is 0.0790. The molecule has 1 aliphatic rings. The lowest BCUT2D eigenvalue weighted by molar-refractivity contribution is -0.116. The second kappa shape index (κ2) is 10.5. The number of benzene rings is 2. The maximum atomic E-state index is 12.9. The summed E-state index contributed by atoms with van der Waals surface area (Å²) in [6.45, 7) is 1.45. The zero-order valence-corrected chi connectivity index (χ0v) is 18.3. The number of sulfonamides is 1. The highest BCUT2D eigenvalue weighted by Gasteiger charge is 2.27. The monoisotopic (exact) mass is 450 g/mol. The van der Waals surface area contributed by atoms with E-state index in [1.54, 1.807) is 31.4 Å². The summed E-state index contributed by atoms with van der Waals surface area (Å²) in [4.78, 5) is 12.5. The van der Waals surface area contributed by atoms with Crippen molar-refractivity contribution in [2.75, 3.05) is 52.4 Å². The number of methoxy groups -OCH3 is 2. The van der Waals surface area contributed by atoms with Gasteiger partial charge >= 0.3 is 0 Å². The van der Waals surface area contributed by atoms with Crippen molar-refractivity contribution in [3.63, 3.8) is 0 Å². The van der Waals surface area contributed by atoms with Crippen LogP contribution in [0.3, 0.4) is 0 Å². The number of hydrogen-bond donors (Lipinski definition) is 1. The molecule has 1 aliphatic heterocycles. The molecule has 0 spiro atoms. The lowest BCUT2D eigenvalue weighted by Gasteiger charge is -2.26. The third-order valence-electron chi connectivity index (χ3n) is 4.71. The van der Waals surface area contributed by atoms with E-state index in [4.69, 9.17) is 18.9 Å². The van der Waals surface area contributed by atoms with Crippen LogP contribution in [0, 0.1) is 0 Å². The Bertz CT molecular complexity index is 987. The fourth-order valence-electron chi connectivity index (χ4n) is 3.03. The second-order valence-electron chi connectivity index (χ2n) is 6.70. The molecule has 2 aromatic carbocycles. The zero-order valence-electron chi connectivity index (χ0n) is 17.5. The fraction of sp³-hybridized carbons (Fsp3) is 0.381. The van der Waals surface area contributed by atoms with Gasteiger partial charge < -0.3 is 24.3 Å². The van der Waals surface area contributed by atoms with Gasteiger partial charge in [0.05, 0.1) is 51.0 Å². The van der Waals surface area contributed by atoms with E-state index < -0.39 is 10.0 Å². The predicted molar refractivity (Wildman–Crippen MR) is 114 cm³/mol. The Balaban J connectivity index is 1.63. The normalized spacial score (nSPS) is 14.6. The van der Waals surface area contributed by atoms with Crippen molar-refractivity contribution in [2.45, 2.75) is 11.3 Å². The van der Waals surface area contributed by atoms with Gasteiger partial charge in [0.25, 0.3) is 0 Å². The van der Waals surface area contributed by atoms with Crippen LogP contribution in [0.25, 0.3) is 0 Å². The molecule has 3 rings (SSSR count). The number of anilines is 1. The predicted octanol–water partition coefficient (Wildman–Crippen LogP) is 2.13. The van der Waals surface area contributed by atoms with E-state index in [1.165, 1.54) is 29.6 Å². The molecule has 1 amide bonds. The summed E-state index contributed by atoms with van der Waals surface area (Å²) in [7, 11) is -0.661. The number of carbonyl (C=O) groups excluding carboxylic acids is 1. The first-order valence-electron chi connectivity index (χ1n) is 9.76. The van der Waals surface area contributed by atoms with E-state index in [0.717, 1.165) is 0 Å². The van der Waals surface area contributed by atoms with Gasteiger partial charge in [0.15, 0.2) is 0 Å². The summed E-state index contributed by atoms with van der Waals surface area (Å²) in [6, 6.07) is 11.4. The van der Waals surface area contributed by atoms with Crippen LogP contribution in [0.2, 0.25) is 0 Å². The molecule has 1 N–H and O–H groups in total. The minimum Gasteiger partial charge on any atom is -0.497 e. The number of amides is 1. The molecule has 1 saturated heterocycles. The van der Waals surface area contributed by atoms with Crippen LogP contribution in [0.1, 0.15) is 6.42 Å². The Hall–Kier alpha value is -2.82. The van der Waals surface area contributed by atoms with Crippen molar-refractivity contribution in [3.05, 3.63) is 42.5 Å². The lowest BCUT2D eigenvalue weighted by atomic mass is 10.2. The van der Waals surface area contributed by atoms with Gasteiger partial charge in [-0.25, -0.2) is 8.42 Å². The number of morpholine rings is 1. The highest BCUT2D eigenvalue weighted by Crippen LogP contribution is 2.29. The van der Waals surface area contributed by atoms with Crippen LogP contribution in [-0.2, 0) is 19.6 Å². The van der Waals surface area contributed by atoms with Gasteiger partial charge in [-0.15, -0.1) is 0 Å². The van der Waals surface area contributed by atoms with E-state index in [9.17, 15) is 13.2 Å². The Labute approximate surface area is 181 Å². The summed E-state index contributed by atoms with van der Waals surface area (Å²) < 4.78 is 48.3.